The van der Waals surface area contributed by atoms with Crippen LogP contribution in [0.2, 0.25) is 0 Å². The van der Waals surface area contributed by atoms with Gasteiger partial charge >= 0.3 is 5.69 Å². The maximum Gasteiger partial charge on any atom is 0.315 e. The number of aromatic nitrogens is 2. The molecule has 0 aliphatic carbocycles. The van der Waals surface area contributed by atoms with Crippen molar-refractivity contribution in [3.8, 4) is 22.8 Å². The van der Waals surface area contributed by atoms with Gasteiger partial charge in [-0.2, -0.15) is 5.10 Å². The lowest BCUT2D eigenvalue weighted by Crippen LogP contribution is -2.26. The van der Waals surface area contributed by atoms with Gasteiger partial charge in [0.1, 0.15) is 0 Å². The van der Waals surface area contributed by atoms with Crippen LogP contribution in [0.4, 0.5) is 5.69 Å². The minimum absolute atomic E-state index is 0.108. The smallest absolute Gasteiger partial charge is 0.315 e. The number of rotatable bonds is 6. The third-order valence-corrected chi connectivity index (χ3v) is 4.22. The largest absolute Gasteiger partial charge is 0.490 e. The van der Waals surface area contributed by atoms with Gasteiger partial charge in [0, 0.05) is 42.4 Å². The summed E-state index contributed by atoms with van der Waals surface area (Å²) in [6.07, 6.45) is 0.885. The number of benzene rings is 1. The first-order valence-electron chi connectivity index (χ1n) is 8.38. The summed E-state index contributed by atoms with van der Waals surface area (Å²) in [6, 6.07) is 3.28. The van der Waals surface area contributed by atoms with Gasteiger partial charge in [0.25, 0.3) is 0 Å². The number of nitrogens with one attached hydrogen (secondary N) is 1. The van der Waals surface area contributed by atoms with E-state index >= 15 is 0 Å². The van der Waals surface area contributed by atoms with Crippen molar-refractivity contribution >= 4 is 5.69 Å². The van der Waals surface area contributed by atoms with Crippen molar-refractivity contribution in [1.29, 1.82) is 0 Å². The summed E-state index contributed by atoms with van der Waals surface area (Å²) in [5.41, 5.74) is 3.45. The summed E-state index contributed by atoms with van der Waals surface area (Å²) in [6.45, 7) is 6.05. The highest BCUT2D eigenvalue weighted by Gasteiger charge is 2.26. The van der Waals surface area contributed by atoms with Crippen LogP contribution in [0.15, 0.2) is 12.1 Å². The number of nitro groups is 1. The number of fused-ring (bicyclic) bond motifs is 1. The second-order valence-electron chi connectivity index (χ2n) is 5.96. The van der Waals surface area contributed by atoms with Crippen LogP contribution >= 0.6 is 0 Å². The van der Waals surface area contributed by atoms with E-state index < -0.39 is 4.92 Å². The van der Waals surface area contributed by atoms with Crippen molar-refractivity contribution in [2.24, 2.45) is 0 Å². The number of nitrogens with zero attached hydrogens (tertiary/aromatic N) is 3. The molecular weight excluding hydrogens is 324 g/mol. The highest BCUT2D eigenvalue weighted by atomic mass is 16.6. The Hall–Kier alpha value is -2.61. The highest BCUT2D eigenvalue weighted by molar-refractivity contribution is 5.73. The molecule has 2 aromatic rings. The predicted octanol–water partition coefficient (Wildman–Crippen LogP) is 2.77. The second kappa shape index (κ2) is 7.10. The quantitative estimate of drug-likeness (QED) is 0.638. The number of likely N-dealkylation sites (N-methyl/N-ethyl adjacent to an activating group) is 1. The molecule has 0 unspecified atom stereocenters. The maximum absolute atomic E-state index is 11.5. The Labute approximate surface area is 145 Å². The Bertz CT molecular complexity index is 787. The van der Waals surface area contributed by atoms with Gasteiger partial charge in [0.2, 0.25) is 5.75 Å². The normalized spacial score (nSPS) is 14.2. The van der Waals surface area contributed by atoms with E-state index in [9.17, 15) is 10.1 Å². The third-order valence-electron chi connectivity index (χ3n) is 4.22. The maximum atomic E-state index is 11.5. The molecule has 1 aliphatic heterocycles. The fourth-order valence-electron chi connectivity index (χ4n) is 3.08. The Morgan fingerprint density at radius 1 is 1.32 bits per heavy atom. The van der Waals surface area contributed by atoms with E-state index in [2.05, 4.69) is 15.1 Å². The molecule has 134 valence electrons. The van der Waals surface area contributed by atoms with Crippen LogP contribution in [0, 0.1) is 10.1 Å². The molecule has 0 atom stereocenters. The van der Waals surface area contributed by atoms with Crippen LogP contribution < -0.4 is 9.47 Å². The van der Waals surface area contributed by atoms with Crippen LogP contribution in [0.1, 0.15) is 25.1 Å². The molecule has 0 fully saturated rings. The van der Waals surface area contributed by atoms with Gasteiger partial charge in [-0.05, 0) is 27.0 Å². The Morgan fingerprint density at radius 2 is 2.08 bits per heavy atom. The fraction of sp³-hybridized carbons (Fsp3) is 0.471. The van der Waals surface area contributed by atoms with E-state index in [1.54, 1.807) is 13.0 Å². The molecule has 1 N–H and O–H groups in total. The lowest BCUT2D eigenvalue weighted by Gasteiger charge is -2.22. The molecular formula is C17H22N4O4. The molecule has 8 heteroatoms. The van der Waals surface area contributed by atoms with Gasteiger partial charge in [-0.3, -0.25) is 15.2 Å². The van der Waals surface area contributed by atoms with Gasteiger partial charge in [-0.15, -0.1) is 0 Å². The minimum atomic E-state index is -0.442. The van der Waals surface area contributed by atoms with E-state index in [-0.39, 0.29) is 11.4 Å². The summed E-state index contributed by atoms with van der Waals surface area (Å²) in [5, 5.41) is 19.0. The first-order valence-corrected chi connectivity index (χ1v) is 8.38. The van der Waals surface area contributed by atoms with E-state index in [1.165, 1.54) is 6.07 Å². The Kier molecular flexibility index (Phi) is 4.89. The average Bonchev–Trinajstić information content (AvgIpc) is 2.99. The zero-order chi connectivity index (χ0) is 18.0. The molecule has 1 aromatic heterocycles. The summed E-state index contributed by atoms with van der Waals surface area (Å²) in [7, 11) is 2.05. The van der Waals surface area contributed by atoms with E-state index in [4.69, 9.17) is 9.47 Å². The van der Waals surface area contributed by atoms with Gasteiger partial charge in [-0.25, -0.2) is 0 Å². The molecule has 1 aliphatic rings. The molecule has 0 radical (unpaired) electrons. The van der Waals surface area contributed by atoms with Crippen molar-refractivity contribution in [2.45, 2.75) is 26.8 Å². The molecule has 0 bridgehead atoms. The van der Waals surface area contributed by atoms with Gasteiger partial charge < -0.3 is 14.4 Å². The summed E-state index contributed by atoms with van der Waals surface area (Å²) >= 11 is 0. The zero-order valence-corrected chi connectivity index (χ0v) is 14.7. The lowest BCUT2D eigenvalue weighted by atomic mass is 10.0. The monoisotopic (exact) mass is 346 g/mol. The molecule has 8 nitrogen and oxygen atoms in total. The van der Waals surface area contributed by atoms with Gasteiger partial charge in [-0.1, -0.05) is 0 Å². The highest BCUT2D eigenvalue weighted by Crippen LogP contribution is 2.42. The number of H-pyrrole nitrogens is 1. The predicted molar refractivity (Wildman–Crippen MR) is 93.1 cm³/mol. The van der Waals surface area contributed by atoms with Gasteiger partial charge in [0.05, 0.1) is 23.8 Å². The van der Waals surface area contributed by atoms with E-state index in [0.717, 1.165) is 36.5 Å². The number of aromatic amines is 1. The molecule has 25 heavy (non-hydrogen) atoms. The standard InChI is InChI=1S/C17H22N4O4/c1-4-24-15-9-11(8-14(21(22)23)17(15)25-5-2)16-12-10-20(3)7-6-13(12)18-19-16/h8-9H,4-7,10H2,1-3H3,(H,18,19). The Morgan fingerprint density at radius 3 is 2.76 bits per heavy atom. The second-order valence-corrected chi connectivity index (χ2v) is 5.96. The van der Waals surface area contributed by atoms with Crippen molar-refractivity contribution in [3.05, 3.63) is 33.5 Å². The molecule has 1 aromatic carbocycles. The molecule has 0 amide bonds. The van der Waals surface area contributed by atoms with Crippen molar-refractivity contribution in [3.63, 3.8) is 0 Å². The van der Waals surface area contributed by atoms with Crippen molar-refractivity contribution in [2.75, 3.05) is 26.8 Å². The number of nitro benzene ring substituents is 1. The van der Waals surface area contributed by atoms with Crippen LogP contribution in [0.5, 0.6) is 11.5 Å². The van der Waals surface area contributed by atoms with Crippen LogP contribution in [0.3, 0.4) is 0 Å². The SMILES string of the molecule is CCOc1cc(-c2n[nH]c3c2CN(C)CC3)cc([N+](=O)[O-])c1OCC. The van der Waals surface area contributed by atoms with E-state index in [0.29, 0.717) is 24.5 Å². The molecule has 0 saturated carbocycles. The molecule has 3 rings (SSSR count). The number of ether oxygens (including phenoxy) is 2. The lowest BCUT2D eigenvalue weighted by molar-refractivity contribution is -0.385. The minimum Gasteiger partial charge on any atom is -0.490 e. The topological polar surface area (TPSA) is 93.5 Å². The first kappa shape index (κ1) is 17.2. The van der Waals surface area contributed by atoms with Crippen molar-refractivity contribution in [1.82, 2.24) is 15.1 Å². The fourth-order valence-corrected chi connectivity index (χ4v) is 3.08. The average molecular weight is 346 g/mol. The summed E-state index contributed by atoms with van der Waals surface area (Å²) in [5.74, 6) is 0.536. The molecule has 0 saturated heterocycles. The third kappa shape index (κ3) is 3.30. The molecule has 2 heterocycles. The summed E-state index contributed by atoms with van der Waals surface area (Å²) < 4.78 is 11.1. The van der Waals surface area contributed by atoms with E-state index in [1.807, 2.05) is 14.0 Å². The molecule has 0 spiro atoms. The first-order chi connectivity index (χ1) is 12.0. The zero-order valence-electron chi connectivity index (χ0n) is 14.7. The van der Waals surface area contributed by atoms with Crippen LogP contribution in [-0.4, -0.2) is 46.8 Å². The van der Waals surface area contributed by atoms with Gasteiger partial charge in [0.15, 0.2) is 5.75 Å². The summed E-state index contributed by atoms with van der Waals surface area (Å²) in [4.78, 5) is 13.3. The number of hydrogen-bond acceptors (Lipinski definition) is 6. The van der Waals surface area contributed by atoms with Crippen LogP contribution in [0.25, 0.3) is 11.3 Å². The van der Waals surface area contributed by atoms with Crippen LogP contribution in [-0.2, 0) is 13.0 Å². The number of hydrogen-bond donors (Lipinski definition) is 1. The van der Waals surface area contributed by atoms with Crippen molar-refractivity contribution < 1.29 is 14.4 Å². The Balaban J connectivity index is 2.14.